The zero-order valence-corrected chi connectivity index (χ0v) is 8.87. The van der Waals surface area contributed by atoms with Crippen LogP contribution in [0.2, 0.25) is 0 Å². The van der Waals surface area contributed by atoms with Crippen LogP contribution in [-0.4, -0.2) is 16.4 Å². The molecule has 0 fully saturated rings. The van der Waals surface area contributed by atoms with Crippen LogP contribution < -0.4 is 5.73 Å². The Morgan fingerprint density at radius 3 is 2.80 bits per heavy atom. The lowest BCUT2D eigenvalue weighted by Crippen LogP contribution is -2.10. The van der Waals surface area contributed by atoms with E-state index in [0.29, 0.717) is 18.0 Å². The number of rotatable bonds is 3. The van der Waals surface area contributed by atoms with Crippen molar-refractivity contribution < 1.29 is 4.79 Å². The van der Waals surface area contributed by atoms with Crippen molar-refractivity contribution in [1.29, 1.82) is 0 Å². The molecular weight excluding hydrogens is 212 g/mol. The summed E-state index contributed by atoms with van der Waals surface area (Å²) in [4.78, 5) is 11.2. The van der Waals surface area contributed by atoms with Gasteiger partial charge in [0.15, 0.2) is 0 Å². The largest absolute Gasteiger partial charge is 0.366 e. The second-order valence-electron chi connectivity index (χ2n) is 3.31. The highest BCUT2D eigenvalue weighted by Gasteiger charge is 2.11. The number of carbonyl (C=O) groups is 1. The molecule has 15 heavy (non-hydrogen) atoms. The molecule has 1 heterocycles. The van der Waals surface area contributed by atoms with Crippen molar-refractivity contribution in [3.8, 4) is 0 Å². The van der Waals surface area contributed by atoms with E-state index in [4.69, 9.17) is 17.3 Å². The first kappa shape index (κ1) is 10.1. The third-order valence-electron chi connectivity index (χ3n) is 2.38. The Labute approximate surface area is 92.4 Å². The fourth-order valence-electron chi connectivity index (χ4n) is 1.72. The number of nitrogens with zero attached hydrogens (tertiary/aromatic N) is 1. The lowest BCUT2D eigenvalue weighted by atomic mass is 10.2. The summed E-state index contributed by atoms with van der Waals surface area (Å²) in [5, 5.41) is 0.884. The molecule has 2 rings (SSSR count). The van der Waals surface area contributed by atoms with Crippen molar-refractivity contribution in [3.63, 3.8) is 0 Å². The number of benzene rings is 1. The van der Waals surface area contributed by atoms with Gasteiger partial charge in [-0.15, -0.1) is 11.6 Å². The van der Waals surface area contributed by atoms with Crippen LogP contribution in [0.25, 0.3) is 10.9 Å². The number of para-hydroxylation sites is 1. The maximum absolute atomic E-state index is 11.2. The molecule has 0 bridgehead atoms. The van der Waals surface area contributed by atoms with Gasteiger partial charge in [-0.05, 0) is 6.07 Å². The summed E-state index contributed by atoms with van der Waals surface area (Å²) >= 11 is 5.69. The van der Waals surface area contributed by atoms with E-state index in [1.54, 1.807) is 6.20 Å². The first-order valence-electron chi connectivity index (χ1n) is 4.67. The molecule has 3 nitrogen and oxygen atoms in total. The van der Waals surface area contributed by atoms with E-state index in [2.05, 4.69) is 0 Å². The second-order valence-corrected chi connectivity index (χ2v) is 3.68. The monoisotopic (exact) mass is 222 g/mol. The number of hydrogen-bond acceptors (Lipinski definition) is 1. The van der Waals surface area contributed by atoms with Gasteiger partial charge < -0.3 is 10.3 Å². The van der Waals surface area contributed by atoms with Gasteiger partial charge in [-0.25, -0.2) is 0 Å². The Morgan fingerprint density at radius 2 is 2.13 bits per heavy atom. The molecule has 78 valence electrons. The van der Waals surface area contributed by atoms with Crippen molar-refractivity contribution in [2.45, 2.75) is 6.54 Å². The lowest BCUT2D eigenvalue weighted by Gasteiger charge is -2.00. The second kappa shape index (κ2) is 3.95. The van der Waals surface area contributed by atoms with Crippen molar-refractivity contribution in [3.05, 3.63) is 36.0 Å². The molecule has 1 aromatic heterocycles. The highest BCUT2D eigenvalue weighted by molar-refractivity contribution is 6.17. The summed E-state index contributed by atoms with van der Waals surface area (Å²) < 4.78 is 1.95. The number of nitrogens with two attached hydrogens (primary N) is 1. The topological polar surface area (TPSA) is 48.0 Å². The fraction of sp³-hybridized carbons (Fsp3) is 0.182. The number of primary amides is 1. The van der Waals surface area contributed by atoms with E-state index in [9.17, 15) is 4.79 Å². The Hall–Kier alpha value is -1.48. The molecule has 0 saturated heterocycles. The van der Waals surface area contributed by atoms with E-state index < -0.39 is 5.91 Å². The van der Waals surface area contributed by atoms with Gasteiger partial charge in [-0.1, -0.05) is 18.2 Å². The minimum atomic E-state index is -0.403. The predicted octanol–water partition coefficient (Wildman–Crippen LogP) is 1.98. The first-order chi connectivity index (χ1) is 7.24. The number of aryl methyl sites for hydroxylation is 1. The number of aromatic nitrogens is 1. The number of fused-ring (bicyclic) bond motifs is 1. The van der Waals surface area contributed by atoms with Gasteiger partial charge in [0.2, 0.25) is 0 Å². The molecule has 2 aromatic rings. The summed E-state index contributed by atoms with van der Waals surface area (Å²) in [6.07, 6.45) is 1.76. The highest BCUT2D eigenvalue weighted by atomic mass is 35.5. The summed E-state index contributed by atoms with van der Waals surface area (Å²) in [6, 6.07) is 7.66. The van der Waals surface area contributed by atoms with Crippen molar-refractivity contribution >= 4 is 28.4 Å². The van der Waals surface area contributed by atoms with Crippen LogP contribution >= 0.6 is 11.6 Å². The van der Waals surface area contributed by atoms with Gasteiger partial charge in [-0.3, -0.25) is 4.79 Å². The molecule has 1 amide bonds. The third-order valence-corrected chi connectivity index (χ3v) is 2.55. The minimum absolute atomic E-state index is 0.403. The lowest BCUT2D eigenvalue weighted by molar-refractivity contribution is 0.100. The molecular formula is C11H11ClN2O. The van der Waals surface area contributed by atoms with Crippen LogP contribution in [-0.2, 0) is 6.54 Å². The maximum atomic E-state index is 11.2. The highest BCUT2D eigenvalue weighted by Crippen LogP contribution is 2.20. The van der Waals surface area contributed by atoms with Crippen molar-refractivity contribution in [1.82, 2.24) is 4.57 Å². The Kier molecular flexibility index (Phi) is 2.64. The third kappa shape index (κ3) is 1.70. The van der Waals surface area contributed by atoms with Gasteiger partial charge in [0.05, 0.1) is 5.56 Å². The van der Waals surface area contributed by atoms with Crippen LogP contribution in [0.4, 0.5) is 0 Å². The first-order valence-corrected chi connectivity index (χ1v) is 5.21. The molecule has 0 atom stereocenters. The van der Waals surface area contributed by atoms with E-state index in [1.807, 2.05) is 28.8 Å². The molecule has 0 aliphatic rings. The van der Waals surface area contributed by atoms with E-state index in [0.717, 1.165) is 10.9 Å². The Bertz CT molecular complexity index is 504. The molecule has 0 radical (unpaired) electrons. The number of alkyl halides is 1. The van der Waals surface area contributed by atoms with Crippen LogP contribution in [0.15, 0.2) is 30.5 Å². The fourth-order valence-corrected chi connectivity index (χ4v) is 1.90. The molecule has 0 unspecified atom stereocenters. The van der Waals surface area contributed by atoms with Gasteiger partial charge >= 0.3 is 0 Å². The van der Waals surface area contributed by atoms with Crippen molar-refractivity contribution in [2.24, 2.45) is 5.73 Å². The van der Waals surface area contributed by atoms with Crippen LogP contribution in [0.1, 0.15) is 10.4 Å². The standard InChI is InChI=1S/C11H11ClN2O/c12-5-6-14-7-9(11(13)15)8-3-1-2-4-10(8)14/h1-4,7H,5-6H2,(H2,13,15). The summed E-state index contributed by atoms with van der Waals surface area (Å²) in [5.41, 5.74) is 6.85. The zero-order chi connectivity index (χ0) is 10.8. The number of halogens is 1. The molecule has 4 heteroatoms. The summed E-state index contributed by atoms with van der Waals surface area (Å²) in [5.74, 6) is 0.108. The van der Waals surface area contributed by atoms with E-state index in [-0.39, 0.29) is 0 Å². The molecule has 2 N–H and O–H groups in total. The van der Waals surface area contributed by atoms with Gasteiger partial charge in [-0.2, -0.15) is 0 Å². The summed E-state index contributed by atoms with van der Waals surface area (Å²) in [6.45, 7) is 0.676. The van der Waals surface area contributed by atoms with Gasteiger partial charge in [0.25, 0.3) is 5.91 Å². The quantitative estimate of drug-likeness (QED) is 0.794. The van der Waals surface area contributed by atoms with Gasteiger partial charge in [0.1, 0.15) is 0 Å². The summed E-state index contributed by atoms with van der Waals surface area (Å²) in [7, 11) is 0. The van der Waals surface area contributed by atoms with Crippen LogP contribution in [0.5, 0.6) is 0 Å². The van der Waals surface area contributed by atoms with Crippen molar-refractivity contribution in [2.75, 3.05) is 5.88 Å². The van der Waals surface area contributed by atoms with E-state index >= 15 is 0 Å². The number of carbonyl (C=O) groups excluding carboxylic acids is 1. The average molecular weight is 223 g/mol. The maximum Gasteiger partial charge on any atom is 0.250 e. The smallest absolute Gasteiger partial charge is 0.250 e. The van der Waals surface area contributed by atoms with E-state index in [1.165, 1.54) is 0 Å². The minimum Gasteiger partial charge on any atom is -0.366 e. The van der Waals surface area contributed by atoms with Crippen LogP contribution in [0, 0.1) is 0 Å². The zero-order valence-electron chi connectivity index (χ0n) is 8.11. The number of amides is 1. The SMILES string of the molecule is NC(=O)c1cn(CCCl)c2ccccc12. The normalized spacial score (nSPS) is 10.7. The predicted molar refractivity (Wildman–Crippen MR) is 61.2 cm³/mol. The molecule has 0 aliphatic heterocycles. The Morgan fingerprint density at radius 1 is 1.40 bits per heavy atom. The van der Waals surface area contributed by atoms with Crippen LogP contribution in [0.3, 0.4) is 0 Å². The number of hydrogen-bond donors (Lipinski definition) is 1. The van der Waals surface area contributed by atoms with Gasteiger partial charge in [0, 0.05) is 29.5 Å². The molecule has 1 aromatic carbocycles. The average Bonchev–Trinajstić information content (AvgIpc) is 2.59. The Balaban J connectivity index is 2.67. The molecule has 0 spiro atoms. The molecule has 0 saturated carbocycles. The molecule has 0 aliphatic carbocycles.